The van der Waals surface area contributed by atoms with Crippen molar-refractivity contribution in [2.45, 2.75) is 39.2 Å². The Labute approximate surface area is 140 Å². The first-order valence-electron chi connectivity index (χ1n) is 7.72. The van der Waals surface area contributed by atoms with Crippen molar-refractivity contribution in [2.75, 3.05) is 6.54 Å². The van der Waals surface area contributed by atoms with Gasteiger partial charge < -0.3 is 10.4 Å². The number of hydrogen-bond acceptors (Lipinski definition) is 5. The zero-order valence-corrected chi connectivity index (χ0v) is 14.9. The molecule has 7 heteroatoms. The molecular formula is C16H24N4O2S. The van der Waals surface area contributed by atoms with Crippen LogP contribution in [0.15, 0.2) is 17.8 Å². The van der Waals surface area contributed by atoms with E-state index in [1.807, 2.05) is 13.2 Å². The summed E-state index contributed by atoms with van der Waals surface area (Å²) in [5, 5.41) is 19.7. The van der Waals surface area contributed by atoms with E-state index in [1.165, 1.54) is 11.3 Å². The molecule has 0 aliphatic rings. The number of amides is 1. The van der Waals surface area contributed by atoms with Gasteiger partial charge >= 0.3 is 0 Å². The van der Waals surface area contributed by atoms with Crippen LogP contribution in [-0.4, -0.2) is 37.9 Å². The highest BCUT2D eigenvalue weighted by atomic mass is 32.1. The number of nitrogens with zero attached hydrogens (tertiary/aromatic N) is 3. The minimum absolute atomic E-state index is 0.221. The molecule has 0 fully saturated rings. The summed E-state index contributed by atoms with van der Waals surface area (Å²) in [7, 11) is 1.84. The largest absolute Gasteiger partial charge is 0.388 e. The minimum atomic E-state index is -0.901. The van der Waals surface area contributed by atoms with Crippen LogP contribution in [0.5, 0.6) is 0 Å². The van der Waals surface area contributed by atoms with E-state index >= 15 is 0 Å². The highest BCUT2D eigenvalue weighted by molar-refractivity contribution is 7.13. The average Bonchev–Trinajstić information content (AvgIpc) is 3.11. The van der Waals surface area contributed by atoms with Crippen LogP contribution < -0.4 is 5.32 Å². The fourth-order valence-corrected chi connectivity index (χ4v) is 2.87. The molecule has 23 heavy (non-hydrogen) atoms. The van der Waals surface area contributed by atoms with Crippen LogP contribution in [0.4, 0.5) is 0 Å². The van der Waals surface area contributed by atoms with Gasteiger partial charge in [0, 0.05) is 30.7 Å². The molecule has 0 saturated carbocycles. The lowest BCUT2D eigenvalue weighted by molar-refractivity contribution is 0.0428. The molecule has 6 nitrogen and oxygen atoms in total. The third kappa shape index (κ3) is 5.14. The van der Waals surface area contributed by atoms with E-state index in [4.69, 9.17) is 0 Å². The number of carbonyl (C=O) groups is 1. The lowest BCUT2D eigenvalue weighted by atomic mass is 9.95. The molecule has 0 bridgehead atoms. The van der Waals surface area contributed by atoms with Gasteiger partial charge in [0.05, 0.1) is 11.8 Å². The topological polar surface area (TPSA) is 80.0 Å². The molecule has 1 amide bonds. The maximum Gasteiger partial charge on any atom is 0.270 e. The summed E-state index contributed by atoms with van der Waals surface area (Å²) in [6, 6.07) is 0. The fraction of sp³-hybridized carbons (Fsp3) is 0.562. The molecule has 2 rings (SSSR count). The van der Waals surface area contributed by atoms with Crippen molar-refractivity contribution < 1.29 is 9.90 Å². The number of aliphatic hydroxyl groups is 1. The van der Waals surface area contributed by atoms with Crippen LogP contribution in [0.2, 0.25) is 0 Å². The first kappa shape index (κ1) is 17.6. The normalized spacial score (nSPS) is 14.0. The van der Waals surface area contributed by atoms with E-state index in [2.05, 4.69) is 29.2 Å². The minimum Gasteiger partial charge on any atom is -0.388 e. The van der Waals surface area contributed by atoms with Gasteiger partial charge in [0.1, 0.15) is 10.7 Å². The lowest BCUT2D eigenvalue weighted by Gasteiger charge is -2.24. The standard InChI is InChI=1S/C16H24N4O2S/c1-11(2)5-6-16(3,22)10-17-14(21)13-9-23-15(19-13)12-7-18-20(4)8-12/h7-9,11,22H,5-6,10H2,1-4H3,(H,17,21). The summed E-state index contributed by atoms with van der Waals surface area (Å²) in [5.74, 6) is 0.263. The number of carbonyl (C=O) groups excluding carboxylic acids is 1. The third-order valence-electron chi connectivity index (χ3n) is 3.58. The Bertz CT molecular complexity index is 661. The van der Waals surface area contributed by atoms with E-state index in [0.717, 1.165) is 17.0 Å². The number of thiazole rings is 1. The molecular weight excluding hydrogens is 312 g/mol. The number of nitrogens with one attached hydrogen (secondary N) is 1. The number of aryl methyl sites for hydroxylation is 1. The van der Waals surface area contributed by atoms with Crippen molar-refractivity contribution in [2.24, 2.45) is 13.0 Å². The Balaban J connectivity index is 1.92. The summed E-state index contributed by atoms with van der Waals surface area (Å²) < 4.78 is 1.70. The highest BCUT2D eigenvalue weighted by Gasteiger charge is 2.22. The van der Waals surface area contributed by atoms with Gasteiger partial charge in [0.25, 0.3) is 5.91 Å². The zero-order valence-electron chi connectivity index (χ0n) is 14.0. The molecule has 126 valence electrons. The molecule has 1 unspecified atom stereocenters. The van der Waals surface area contributed by atoms with Crippen molar-refractivity contribution in [3.05, 3.63) is 23.5 Å². The number of aromatic nitrogens is 3. The zero-order chi connectivity index (χ0) is 17.0. The Morgan fingerprint density at radius 2 is 2.26 bits per heavy atom. The third-order valence-corrected chi connectivity index (χ3v) is 4.47. The van der Waals surface area contributed by atoms with Gasteiger partial charge in [0.15, 0.2) is 0 Å². The van der Waals surface area contributed by atoms with Gasteiger partial charge in [-0.3, -0.25) is 9.48 Å². The van der Waals surface area contributed by atoms with Crippen LogP contribution in [0.1, 0.15) is 44.1 Å². The van der Waals surface area contributed by atoms with E-state index < -0.39 is 5.60 Å². The molecule has 2 N–H and O–H groups in total. The lowest BCUT2D eigenvalue weighted by Crippen LogP contribution is -2.40. The molecule has 0 radical (unpaired) electrons. The first-order valence-corrected chi connectivity index (χ1v) is 8.60. The smallest absolute Gasteiger partial charge is 0.270 e. The fourth-order valence-electron chi connectivity index (χ4n) is 2.09. The second kappa shape index (κ2) is 7.23. The van der Waals surface area contributed by atoms with Crippen LogP contribution in [0, 0.1) is 5.92 Å². The molecule has 0 aromatic carbocycles. The maximum atomic E-state index is 12.2. The second-order valence-electron chi connectivity index (χ2n) is 6.55. The first-order chi connectivity index (χ1) is 10.8. The second-order valence-corrected chi connectivity index (χ2v) is 7.41. The molecule has 2 aromatic rings. The summed E-state index contributed by atoms with van der Waals surface area (Å²) in [4.78, 5) is 16.5. The van der Waals surface area contributed by atoms with Crippen molar-refractivity contribution >= 4 is 17.2 Å². The number of hydrogen-bond donors (Lipinski definition) is 2. The van der Waals surface area contributed by atoms with Gasteiger partial charge in [-0.1, -0.05) is 13.8 Å². The van der Waals surface area contributed by atoms with Crippen LogP contribution in [-0.2, 0) is 7.05 Å². The Morgan fingerprint density at radius 3 is 2.87 bits per heavy atom. The molecule has 2 aromatic heterocycles. The summed E-state index contributed by atoms with van der Waals surface area (Å²) >= 11 is 1.40. The van der Waals surface area contributed by atoms with Crippen molar-refractivity contribution in [1.29, 1.82) is 0 Å². The van der Waals surface area contributed by atoms with E-state index in [9.17, 15) is 9.90 Å². The van der Waals surface area contributed by atoms with E-state index in [0.29, 0.717) is 18.0 Å². The maximum absolute atomic E-state index is 12.2. The van der Waals surface area contributed by atoms with Gasteiger partial charge in [-0.15, -0.1) is 11.3 Å². The molecule has 0 saturated heterocycles. The van der Waals surface area contributed by atoms with Gasteiger partial charge in [-0.05, 0) is 25.7 Å². The van der Waals surface area contributed by atoms with Crippen molar-refractivity contribution in [3.8, 4) is 10.6 Å². The van der Waals surface area contributed by atoms with Gasteiger partial charge in [0.2, 0.25) is 0 Å². The quantitative estimate of drug-likeness (QED) is 0.814. The molecule has 1 atom stereocenters. The SMILES string of the molecule is CC(C)CCC(C)(O)CNC(=O)c1csc(-c2cnn(C)c2)n1. The van der Waals surface area contributed by atoms with Crippen molar-refractivity contribution in [1.82, 2.24) is 20.1 Å². The molecule has 0 aliphatic heterocycles. The van der Waals surface area contributed by atoms with E-state index in [-0.39, 0.29) is 12.5 Å². The molecule has 0 spiro atoms. The van der Waals surface area contributed by atoms with Gasteiger partial charge in [-0.2, -0.15) is 5.10 Å². The predicted octanol–water partition coefficient (Wildman–Crippen LogP) is 2.46. The average molecular weight is 336 g/mol. The molecule has 2 heterocycles. The summed E-state index contributed by atoms with van der Waals surface area (Å²) in [5.41, 5.74) is 0.358. The van der Waals surface area contributed by atoms with Crippen LogP contribution in [0.3, 0.4) is 0 Å². The summed E-state index contributed by atoms with van der Waals surface area (Å²) in [6.07, 6.45) is 5.15. The highest BCUT2D eigenvalue weighted by Crippen LogP contribution is 2.23. The predicted molar refractivity (Wildman–Crippen MR) is 91.3 cm³/mol. The van der Waals surface area contributed by atoms with Crippen LogP contribution >= 0.6 is 11.3 Å². The van der Waals surface area contributed by atoms with E-state index in [1.54, 1.807) is 23.2 Å². The van der Waals surface area contributed by atoms with Crippen LogP contribution in [0.25, 0.3) is 10.6 Å². The summed E-state index contributed by atoms with van der Waals surface area (Å²) in [6.45, 7) is 6.20. The Kier molecular flexibility index (Phi) is 5.54. The monoisotopic (exact) mass is 336 g/mol. The van der Waals surface area contributed by atoms with Gasteiger partial charge in [-0.25, -0.2) is 4.98 Å². The molecule has 0 aliphatic carbocycles. The Hall–Kier alpha value is -1.73. The van der Waals surface area contributed by atoms with Crippen molar-refractivity contribution in [3.63, 3.8) is 0 Å². The number of rotatable bonds is 7. The Morgan fingerprint density at radius 1 is 1.52 bits per heavy atom.